The number of hydrogen-bond donors (Lipinski definition) is 1. The van der Waals surface area contributed by atoms with Crippen molar-refractivity contribution in [3.8, 4) is 0 Å². The number of pyridine rings is 1. The van der Waals surface area contributed by atoms with Crippen molar-refractivity contribution < 1.29 is 27.6 Å². The van der Waals surface area contributed by atoms with Gasteiger partial charge in [-0.15, -0.1) is 0 Å². The molecule has 5 nitrogen and oxygen atoms in total. The molecule has 0 spiro atoms. The molecule has 0 bridgehead atoms. The van der Waals surface area contributed by atoms with E-state index in [0.717, 1.165) is 12.3 Å². The van der Waals surface area contributed by atoms with E-state index in [1.54, 1.807) is 0 Å². The van der Waals surface area contributed by atoms with Crippen molar-refractivity contribution in [2.45, 2.75) is 24.7 Å². The molecule has 0 aliphatic carbocycles. The van der Waals surface area contributed by atoms with Gasteiger partial charge < -0.3 is 5.11 Å². The van der Waals surface area contributed by atoms with Crippen molar-refractivity contribution >= 4 is 0 Å². The van der Waals surface area contributed by atoms with E-state index in [9.17, 15) is 32.8 Å². The van der Waals surface area contributed by atoms with Crippen molar-refractivity contribution in [2.75, 3.05) is 0 Å². The third kappa shape index (κ3) is 2.13. The first-order valence-electron chi connectivity index (χ1n) is 4.66. The maximum Gasteiger partial charge on any atom is 0.428 e. The second kappa shape index (κ2) is 4.48. The molecule has 18 heavy (non-hydrogen) atoms. The highest BCUT2D eigenvalue weighted by molar-refractivity contribution is 5.23. The summed E-state index contributed by atoms with van der Waals surface area (Å²) in [6.07, 6.45) is -4.55. The van der Waals surface area contributed by atoms with Crippen LogP contribution in [0.1, 0.15) is 12.5 Å². The van der Waals surface area contributed by atoms with Crippen LogP contribution in [-0.2, 0) is 5.60 Å². The highest BCUT2D eigenvalue weighted by Gasteiger charge is 2.65. The van der Waals surface area contributed by atoms with Crippen LogP contribution in [0.3, 0.4) is 0 Å². The quantitative estimate of drug-likeness (QED) is 0.391. The molecular weight excluding hydrogens is 260 g/mol. The summed E-state index contributed by atoms with van der Waals surface area (Å²) in [7, 11) is 0. The lowest BCUT2D eigenvalue weighted by atomic mass is 9.87. The largest absolute Gasteiger partial charge is 0.428 e. The molecule has 1 aromatic heterocycles. The lowest BCUT2D eigenvalue weighted by Gasteiger charge is -2.30. The van der Waals surface area contributed by atoms with Crippen LogP contribution in [-0.4, -0.2) is 27.2 Å². The molecule has 0 aromatic carbocycles. The van der Waals surface area contributed by atoms with E-state index < -0.39 is 34.3 Å². The number of nitrogens with zero attached hydrogens (tertiary/aromatic N) is 2. The van der Waals surface area contributed by atoms with Gasteiger partial charge in [0, 0.05) is 18.0 Å². The molecule has 1 N–H and O–H groups in total. The fourth-order valence-corrected chi connectivity index (χ4v) is 1.44. The van der Waals surface area contributed by atoms with Crippen LogP contribution in [0.2, 0.25) is 0 Å². The molecule has 2 unspecified atom stereocenters. The van der Waals surface area contributed by atoms with Crippen LogP contribution < -0.4 is 0 Å². The zero-order valence-corrected chi connectivity index (χ0v) is 8.98. The summed E-state index contributed by atoms with van der Waals surface area (Å²) >= 11 is 0. The Bertz CT molecular complexity index is 465. The minimum Gasteiger partial charge on any atom is -0.371 e. The monoisotopic (exact) mass is 268 g/mol. The van der Waals surface area contributed by atoms with E-state index in [-0.39, 0.29) is 0 Å². The highest BCUT2D eigenvalue weighted by Crippen LogP contribution is 2.42. The summed E-state index contributed by atoms with van der Waals surface area (Å²) in [6, 6.07) is -0.923. The molecule has 0 saturated heterocycles. The Kier molecular flexibility index (Phi) is 3.56. The maximum absolute atomic E-state index is 13.2. The smallest absolute Gasteiger partial charge is 0.371 e. The highest BCUT2D eigenvalue weighted by atomic mass is 19.4. The van der Waals surface area contributed by atoms with E-state index in [1.165, 1.54) is 0 Å². The fraction of sp³-hybridized carbons (Fsp3) is 0.444. The van der Waals surface area contributed by atoms with E-state index in [0.29, 0.717) is 13.0 Å². The third-order valence-corrected chi connectivity index (χ3v) is 2.52. The van der Waals surface area contributed by atoms with Crippen LogP contribution in [0.25, 0.3) is 0 Å². The van der Waals surface area contributed by atoms with Gasteiger partial charge in [0.15, 0.2) is 0 Å². The summed E-state index contributed by atoms with van der Waals surface area (Å²) in [4.78, 5) is 12.1. The summed E-state index contributed by atoms with van der Waals surface area (Å²) in [5.74, 6) is -1.61. The zero-order valence-electron chi connectivity index (χ0n) is 8.98. The Morgan fingerprint density at radius 3 is 2.44 bits per heavy atom. The standard InChI is InChI=1S/C9H8F4N2O3/c1-5(15(17)18)8(16,9(11,12)13)6-3-2-4-14-7(6)10/h2-5,16H,1H3. The Morgan fingerprint density at radius 1 is 1.50 bits per heavy atom. The fourth-order valence-electron chi connectivity index (χ4n) is 1.44. The molecule has 0 saturated carbocycles. The van der Waals surface area contributed by atoms with Crippen molar-refractivity contribution in [3.05, 3.63) is 40.0 Å². The third-order valence-electron chi connectivity index (χ3n) is 2.52. The molecule has 1 aromatic rings. The maximum atomic E-state index is 13.2. The number of rotatable bonds is 3. The molecule has 9 heteroatoms. The van der Waals surface area contributed by atoms with Gasteiger partial charge in [-0.3, -0.25) is 10.1 Å². The SMILES string of the molecule is CC([N+](=O)[O-])C(O)(c1cccnc1F)C(F)(F)F. The van der Waals surface area contributed by atoms with E-state index in [2.05, 4.69) is 4.98 Å². The molecule has 1 rings (SSSR count). The number of aromatic nitrogens is 1. The number of hydrogen-bond acceptors (Lipinski definition) is 4. The minimum atomic E-state index is -5.41. The van der Waals surface area contributed by atoms with Gasteiger partial charge in [-0.2, -0.15) is 17.6 Å². The van der Waals surface area contributed by atoms with Crippen LogP contribution in [0.5, 0.6) is 0 Å². The molecule has 0 amide bonds. The summed E-state index contributed by atoms with van der Waals surface area (Å²) < 4.78 is 51.7. The summed E-state index contributed by atoms with van der Waals surface area (Å²) in [5, 5.41) is 20.1. The molecular formula is C9H8F4N2O3. The predicted octanol–water partition coefficient (Wildman–Crippen LogP) is 1.64. The van der Waals surface area contributed by atoms with Crippen molar-refractivity contribution in [1.82, 2.24) is 4.98 Å². The average Bonchev–Trinajstić information content (AvgIpc) is 2.26. The summed E-state index contributed by atoms with van der Waals surface area (Å²) in [5.41, 5.74) is -5.21. The Labute approximate surface area is 98.2 Å². The molecule has 100 valence electrons. The minimum absolute atomic E-state index is 0.542. The lowest BCUT2D eigenvalue weighted by Crippen LogP contribution is -2.54. The number of nitro groups is 1. The lowest BCUT2D eigenvalue weighted by molar-refractivity contribution is -0.559. The first kappa shape index (κ1) is 14.3. The second-order valence-corrected chi connectivity index (χ2v) is 3.57. The topological polar surface area (TPSA) is 76.3 Å². The molecule has 0 radical (unpaired) electrons. The van der Waals surface area contributed by atoms with E-state index in [4.69, 9.17) is 0 Å². The zero-order chi connectivity index (χ0) is 14.1. The van der Waals surface area contributed by atoms with Gasteiger partial charge in [0.2, 0.25) is 5.95 Å². The van der Waals surface area contributed by atoms with E-state index in [1.807, 2.05) is 0 Å². The van der Waals surface area contributed by atoms with Crippen molar-refractivity contribution in [3.63, 3.8) is 0 Å². The van der Waals surface area contributed by atoms with Crippen molar-refractivity contribution in [1.29, 1.82) is 0 Å². The number of aliphatic hydroxyl groups is 1. The number of alkyl halides is 3. The molecule has 0 fully saturated rings. The normalized spacial score (nSPS) is 17.0. The van der Waals surface area contributed by atoms with Gasteiger partial charge in [-0.25, -0.2) is 4.98 Å². The first-order valence-corrected chi connectivity index (χ1v) is 4.66. The summed E-state index contributed by atoms with van der Waals surface area (Å²) in [6.45, 7) is 0.542. The van der Waals surface area contributed by atoms with Crippen LogP contribution in [0.15, 0.2) is 18.3 Å². The molecule has 1 heterocycles. The first-order chi connectivity index (χ1) is 8.12. The van der Waals surface area contributed by atoms with Crippen LogP contribution >= 0.6 is 0 Å². The van der Waals surface area contributed by atoms with Crippen LogP contribution in [0, 0.1) is 16.1 Å². The number of halogens is 4. The van der Waals surface area contributed by atoms with Gasteiger partial charge in [0.1, 0.15) is 0 Å². The Balaban J connectivity index is 3.49. The van der Waals surface area contributed by atoms with Gasteiger partial charge in [0.25, 0.3) is 11.6 Å². The average molecular weight is 268 g/mol. The van der Waals surface area contributed by atoms with Crippen molar-refractivity contribution in [2.24, 2.45) is 0 Å². The van der Waals surface area contributed by atoms with Gasteiger partial charge in [0.05, 0.1) is 5.56 Å². The Hall–Kier alpha value is -1.77. The van der Waals surface area contributed by atoms with Gasteiger partial charge in [-0.1, -0.05) is 0 Å². The second-order valence-electron chi connectivity index (χ2n) is 3.57. The van der Waals surface area contributed by atoms with Gasteiger partial charge in [-0.05, 0) is 12.1 Å². The molecule has 0 aliphatic heterocycles. The predicted molar refractivity (Wildman–Crippen MR) is 50.6 cm³/mol. The van der Waals surface area contributed by atoms with Crippen LogP contribution in [0.4, 0.5) is 17.6 Å². The Morgan fingerprint density at radius 2 is 2.06 bits per heavy atom. The van der Waals surface area contributed by atoms with E-state index >= 15 is 0 Å². The molecule has 0 aliphatic rings. The van der Waals surface area contributed by atoms with Gasteiger partial charge >= 0.3 is 6.18 Å². The molecule has 2 atom stereocenters.